The zero-order valence-corrected chi connectivity index (χ0v) is 13.0. The summed E-state index contributed by atoms with van der Waals surface area (Å²) < 4.78 is 0. The molecule has 1 fully saturated rings. The van der Waals surface area contributed by atoms with Crippen molar-refractivity contribution in [3.63, 3.8) is 0 Å². The van der Waals surface area contributed by atoms with Gasteiger partial charge in [-0.3, -0.25) is 4.90 Å². The maximum absolute atomic E-state index is 3.64. The third kappa shape index (κ3) is 6.19. The van der Waals surface area contributed by atoms with E-state index in [2.05, 4.69) is 37.9 Å². The summed E-state index contributed by atoms with van der Waals surface area (Å²) in [6.07, 6.45) is 8.12. The van der Waals surface area contributed by atoms with E-state index in [-0.39, 0.29) is 0 Å². The van der Waals surface area contributed by atoms with E-state index in [9.17, 15) is 0 Å². The lowest BCUT2D eigenvalue weighted by Crippen LogP contribution is -2.42. The summed E-state index contributed by atoms with van der Waals surface area (Å²) >= 11 is 0. The van der Waals surface area contributed by atoms with E-state index in [1.807, 2.05) is 0 Å². The van der Waals surface area contributed by atoms with E-state index in [1.165, 1.54) is 58.2 Å². The fraction of sp³-hybridized carbons (Fsp3) is 1.00. The fourth-order valence-electron chi connectivity index (χ4n) is 2.81. The molecular weight excluding hydrogens is 220 g/mol. The molecule has 1 rings (SSSR count). The molecule has 0 bridgehead atoms. The number of hydrogen-bond donors (Lipinski definition) is 1. The standard InChI is InChI=1S/C16H34N2/c1-5-6-12-18(13-16-8-7-11-17-16)15(4)10-9-14(2)3/h14-17H,5-13H2,1-4H3. The van der Waals surface area contributed by atoms with Crippen molar-refractivity contribution in [2.75, 3.05) is 19.6 Å². The van der Waals surface area contributed by atoms with Crippen LogP contribution in [0.2, 0.25) is 0 Å². The summed E-state index contributed by atoms with van der Waals surface area (Å²) in [6, 6.07) is 1.50. The molecule has 1 aliphatic rings. The minimum atomic E-state index is 0.751. The second-order valence-electron chi connectivity index (χ2n) is 6.46. The highest BCUT2D eigenvalue weighted by Gasteiger charge is 2.21. The van der Waals surface area contributed by atoms with Crippen LogP contribution in [0.5, 0.6) is 0 Å². The molecule has 2 nitrogen and oxygen atoms in total. The molecule has 0 spiro atoms. The first-order valence-corrected chi connectivity index (χ1v) is 8.11. The van der Waals surface area contributed by atoms with Crippen LogP contribution in [0.15, 0.2) is 0 Å². The van der Waals surface area contributed by atoms with E-state index >= 15 is 0 Å². The second kappa shape index (κ2) is 8.92. The molecule has 108 valence electrons. The molecule has 18 heavy (non-hydrogen) atoms. The summed E-state index contributed by atoms with van der Waals surface area (Å²) in [7, 11) is 0. The Balaban J connectivity index is 2.36. The molecule has 1 N–H and O–H groups in total. The van der Waals surface area contributed by atoms with E-state index < -0.39 is 0 Å². The van der Waals surface area contributed by atoms with Crippen LogP contribution in [0.1, 0.15) is 66.2 Å². The fourth-order valence-corrected chi connectivity index (χ4v) is 2.81. The van der Waals surface area contributed by atoms with Crippen LogP contribution in [0.25, 0.3) is 0 Å². The normalized spacial score (nSPS) is 22.0. The minimum absolute atomic E-state index is 0.751. The highest BCUT2D eigenvalue weighted by molar-refractivity contribution is 4.80. The molecule has 1 heterocycles. The Labute approximate surface area is 115 Å². The lowest BCUT2D eigenvalue weighted by Gasteiger charge is -2.32. The summed E-state index contributed by atoms with van der Waals surface area (Å²) in [5.41, 5.74) is 0. The van der Waals surface area contributed by atoms with Crippen molar-refractivity contribution in [2.45, 2.75) is 78.3 Å². The van der Waals surface area contributed by atoms with E-state index in [0.717, 1.165) is 18.0 Å². The van der Waals surface area contributed by atoms with Crippen molar-refractivity contribution in [3.8, 4) is 0 Å². The topological polar surface area (TPSA) is 15.3 Å². The van der Waals surface area contributed by atoms with Crippen LogP contribution in [-0.2, 0) is 0 Å². The Morgan fingerprint density at radius 1 is 1.22 bits per heavy atom. The molecule has 0 radical (unpaired) electrons. The quantitative estimate of drug-likeness (QED) is 0.675. The number of unbranched alkanes of at least 4 members (excludes halogenated alkanes) is 1. The molecule has 2 atom stereocenters. The molecular formula is C16H34N2. The van der Waals surface area contributed by atoms with Gasteiger partial charge >= 0.3 is 0 Å². The first kappa shape index (κ1) is 16.0. The average Bonchev–Trinajstić information content (AvgIpc) is 2.84. The number of rotatable bonds is 9. The first-order chi connectivity index (χ1) is 8.63. The molecule has 0 aromatic rings. The largest absolute Gasteiger partial charge is 0.313 e. The third-order valence-electron chi connectivity index (χ3n) is 4.20. The van der Waals surface area contributed by atoms with Crippen LogP contribution in [0.3, 0.4) is 0 Å². The molecule has 0 aliphatic carbocycles. The molecule has 0 aromatic heterocycles. The van der Waals surface area contributed by atoms with Gasteiger partial charge in [-0.25, -0.2) is 0 Å². The van der Waals surface area contributed by atoms with Gasteiger partial charge in [-0.05, 0) is 58.0 Å². The van der Waals surface area contributed by atoms with Crippen LogP contribution < -0.4 is 5.32 Å². The molecule has 2 heteroatoms. The SMILES string of the molecule is CCCCN(CC1CCCN1)C(C)CCC(C)C. The van der Waals surface area contributed by atoms with Crippen LogP contribution >= 0.6 is 0 Å². The lowest BCUT2D eigenvalue weighted by atomic mass is 10.0. The first-order valence-electron chi connectivity index (χ1n) is 8.11. The molecule has 1 aliphatic heterocycles. The van der Waals surface area contributed by atoms with Gasteiger partial charge in [0, 0.05) is 18.6 Å². The van der Waals surface area contributed by atoms with Crippen molar-refractivity contribution in [2.24, 2.45) is 5.92 Å². The molecule has 0 aromatic carbocycles. The van der Waals surface area contributed by atoms with Gasteiger partial charge in [-0.2, -0.15) is 0 Å². The maximum atomic E-state index is 3.64. The van der Waals surface area contributed by atoms with Crippen LogP contribution in [-0.4, -0.2) is 36.6 Å². The van der Waals surface area contributed by atoms with Gasteiger partial charge in [0.25, 0.3) is 0 Å². The molecule has 0 saturated carbocycles. The Morgan fingerprint density at radius 2 is 2.00 bits per heavy atom. The van der Waals surface area contributed by atoms with Crippen molar-refractivity contribution < 1.29 is 0 Å². The van der Waals surface area contributed by atoms with Crippen molar-refractivity contribution in [1.82, 2.24) is 10.2 Å². The molecule has 1 saturated heterocycles. The number of hydrogen-bond acceptors (Lipinski definition) is 2. The Morgan fingerprint density at radius 3 is 2.56 bits per heavy atom. The zero-order chi connectivity index (χ0) is 13.4. The predicted octanol–water partition coefficient (Wildman–Crippen LogP) is 3.67. The highest BCUT2D eigenvalue weighted by Crippen LogP contribution is 2.15. The maximum Gasteiger partial charge on any atom is 0.0195 e. The summed E-state index contributed by atoms with van der Waals surface area (Å²) in [6.45, 7) is 13.2. The van der Waals surface area contributed by atoms with E-state index in [0.29, 0.717) is 0 Å². The Bertz CT molecular complexity index is 197. The number of nitrogens with zero attached hydrogens (tertiary/aromatic N) is 1. The van der Waals surface area contributed by atoms with Gasteiger partial charge in [-0.15, -0.1) is 0 Å². The molecule has 0 amide bonds. The van der Waals surface area contributed by atoms with E-state index in [1.54, 1.807) is 0 Å². The Hall–Kier alpha value is -0.0800. The predicted molar refractivity (Wildman–Crippen MR) is 81.0 cm³/mol. The van der Waals surface area contributed by atoms with Gasteiger partial charge in [0.05, 0.1) is 0 Å². The van der Waals surface area contributed by atoms with Gasteiger partial charge in [0.2, 0.25) is 0 Å². The minimum Gasteiger partial charge on any atom is -0.313 e. The van der Waals surface area contributed by atoms with Crippen LogP contribution in [0.4, 0.5) is 0 Å². The number of nitrogens with one attached hydrogen (secondary N) is 1. The zero-order valence-electron chi connectivity index (χ0n) is 13.0. The smallest absolute Gasteiger partial charge is 0.0195 e. The second-order valence-corrected chi connectivity index (χ2v) is 6.46. The monoisotopic (exact) mass is 254 g/mol. The summed E-state index contributed by atoms with van der Waals surface area (Å²) in [5.74, 6) is 0.838. The molecule has 2 unspecified atom stereocenters. The van der Waals surface area contributed by atoms with Crippen molar-refractivity contribution in [1.29, 1.82) is 0 Å². The van der Waals surface area contributed by atoms with Crippen molar-refractivity contribution in [3.05, 3.63) is 0 Å². The van der Waals surface area contributed by atoms with Gasteiger partial charge in [0.1, 0.15) is 0 Å². The Kier molecular flexibility index (Phi) is 7.92. The van der Waals surface area contributed by atoms with Crippen molar-refractivity contribution >= 4 is 0 Å². The summed E-state index contributed by atoms with van der Waals surface area (Å²) in [5, 5.41) is 3.64. The lowest BCUT2D eigenvalue weighted by molar-refractivity contribution is 0.174. The van der Waals surface area contributed by atoms with Gasteiger partial charge < -0.3 is 5.32 Å². The summed E-state index contributed by atoms with van der Waals surface area (Å²) in [4.78, 5) is 2.73. The van der Waals surface area contributed by atoms with E-state index in [4.69, 9.17) is 0 Å². The average molecular weight is 254 g/mol. The van der Waals surface area contributed by atoms with Crippen LogP contribution in [0, 0.1) is 5.92 Å². The van der Waals surface area contributed by atoms with Gasteiger partial charge in [0.15, 0.2) is 0 Å². The third-order valence-corrected chi connectivity index (χ3v) is 4.20. The highest BCUT2D eigenvalue weighted by atomic mass is 15.2. The van der Waals surface area contributed by atoms with Gasteiger partial charge in [-0.1, -0.05) is 27.2 Å².